The first-order valence-corrected chi connectivity index (χ1v) is 7.62. The summed E-state index contributed by atoms with van der Waals surface area (Å²) in [5.74, 6) is 0.716. The minimum absolute atomic E-state index is 0.326. The molecule has 8 nitrogen and oxygen atoms in total. The van der Waals surface area contributed by atoms with Gasteiger partial charge in [0.1, 0.15) is 4.88 Å². The van der Waals surface area contributed by atoms with E-state index in [4.69, 9.17) is 4.42 Å². The summed E-state index contributed by atoms with van der Waals surface area (Å²) in [5, 5.41) is 20.9. The van der Waals surface area contributed by atoms with E-state index < -0.39 is 0 Å². The van der Waals surface area contributed by atoms with Crippen molar-refractivity contribution >= 4 is 11.5 Å². The predicted molar refractivity (Wildman–Crippen MR) is 83.0 cm³/mol. The Labute approximate surface area is 135 Å². The average Bonchev–Trinajstić information content (AvgIpc) is 3.27. The molecule has 0 radical (unpaired) electrons. The van der Waals surface area contributed by atoms with Crippen LogP contribution in [0.15, 0.2) is 34.7 Å². The number of para-hydroxylation sites is 1. The van der Waals surface area contributed by atoms with Crippen LogP contribution < -0.4 is 0 Å². The molecule has 1 aromatic carbocycles. The summed E-state index contributed by atoms with van der Waals surface area (Å²) >= 11 is 1.22. The maximum atomic E-state index is 5.72. The molecule has 4 aromatic rings. The standard InChI is InChI=1S/C14H11N7OS/c1-8-11(19-21(18-8)10-6-4-3-5-7-10)13-16-17-14(22-13)12-9(2)15-20-23-12/h3-7H,1-2H3. The van der Waals surface area contributed by atoms with Crippen LogP contribution in [0, 0.1) is 13.8 Å². The fourth-order valence-corrected chi connectivity index (χ4v) is 2.67. The van der Waals surface area contributed by atoms with E-state index in [1.807, 2.05) is 44.2 Å². The van der Waals surface area contributed by atoms with E-state index in [1.54, 1.807) is 4.80 Å². The minimum atomic E-state index is 0.326. The zero-order chi connectivity index (χ0) is 15.8. The molecule has 0 atom stereocenters. The lowest BCUT2D eigenvalue weighted by molar-refractivity contribution is 0.581. The Morgan fingerprint density at radius 3 is 2.43 bits per heavy atom. The Hall–Kier alpha value is -2.94. The molecular formula is C14H11N7OS. The van der Waals surface area contributed by atoms with Crippen LogP contribution in [0.3, 0.4) is 0 Å². The average molecular weight is 325 g/mol. The molecule has 0 spiro atoms. The van der Waals surface area contributed by atoms with Crippen LogP contribution in [0.1, 0.15) is 11.4 Å². The molecule has 0 bridgehead atoms. The highest BCUT2D eigenvalue weighted by molar-refractivity contribution is 7.09. The van der Waals surface area contributed by atoms with Crippen molar-refractivity contribution in [2.75, 3.05) is 0 Å². The molecule has 0 saturated carbocycles. The zero-order valence-electron chi connectivity index (χ0n) is 12.3. The number of hydrogen-bond donors (Lipinski definition) is 0. The molecule has 9 heteroatoms. The number of aryl methyl sites for hydroxylation is 2. The van der Waals surface area contributed by atoms with Gasteiger partial charge < -0.3 is 4.42 Å². The Morgan fingerprint density at radius 1 is 0.913 bits per heavy atom. The lowest BCUT2D eigenvalue weighted by Gasteiger charge is -1.96. The van der Waals surface area contributed by atoms with Gasteiger partial charge in [0.2, 0.25) is 0 Å². The second kappa shape index (κ2) is 5.36. The molecule has 114 valence electrons. The van der Waals surface area contributed by atoms with Gasteiger partial charge in [-0.2, -0.15) is 9.90 Å². The summed E-state index contributed by atoms with van der Waals surface area (Å²) in [6, 6.07) is 9.65. The van der Waals surface area contributed by atoms with E-state index in [9.17, 15) is 0 Å². The van der Waals surface area contributed by atoms with Crippen molar-refractivity contribution < 1.29 is 4.42 Å². The van der Waals surface area contributed by atoms with Crippen molar-refractivity contribution in [3.63, 3.8) is 0 Å². The van der Waals surface area contributed by atoms with Crippen molar-refractivity contribution in [1.29, 1.82) is 0 Å². The lowest BCUT2D eigenvalue weighted by Crippen LogP contribution is -1.98. The molecule has 0 aliphatic carbocycles. The second-order valence-corrected chi connectivity index (χ2v) is 5.61. The van der Waals surface area contributed by atoms with Crippen LogP contribution in [0.25, 0.3) is 28.0 Å². The van der Waals surface area contributed by atoms with E-state index in [-0.39, 0.29) is 0 Å². The molecule has 0 aliphatic heterocycles. The van der Waals surface area contributed by atoms with Crippen LogP contribution in [0.4, 0.5) is 0 Å². The van der Waals surface area contributed by atoms with E-state index in [0.29, 0.717) is 23.2 Å². The van der Waals surface area contributed by atoms with Gasteiger partial charge in [-0.15, -0.1) is 20.4 Å². The van der Waals surface area contributed by atoms with Gasteiger partial charge in [-0.25, -0.2) is 0 Å². The summed E-state index contributed by atoms with van der Waals surface area (Å²) in [4.78, 5) is 2.31. The Balaban J connectivity index is 1.73. The smallest absolute Gasteiger partial charge is 0.270 e. The van der Waals surface area contributed by atoms with Gasteiger partial charge in [-0.1, -0.05) is 22.7 Å². The highest BCUT2D eigenvalue weighted by atomic mass is 32.1. The van der Waals surface area contributed by atoms with Crippen LogP contribution in [0.5, 0.6) is 0 Å². The van der Waals surface area contributed by atoms with Gasteiger partial charge in [0.25, 0.3) is 11.8 Å². The Morgan fingerprint density at radius 2 is 1.70 bits per heavy atom. The van der Waals surface area contributed by atoms with Gasteiger partial charge in [-0.05, 0) is 37.5 Å². The highest BCUT2D eigenvalue weighted by Crippen LogP contribution is 2.27. The fraction of sp³-hybridized carbons (Fsp3) is 0.143. The molecule has 0 aliphatic rings. The summed E-state index contributed by atoms with van der Waals surface area (Å²) in [6.07, 6.45) is 0. The van der Waals surface area contributed by atoms with Gasteiger partial charge in [0.05, 0.1) is 17.1 Å². The summed E-state index contributed by atoms with van der Waals surface area (Å²) in [5.41, 5.74) is 2.89. The number of aromatic nitrogens is 7. The predicted octanol–water partition coefficient (Wildman–Crippen LogP) is 2.45. The first kappa shape index (κ1) is 13.7. The summed E-state index contributed by atoms with van der Waals surface area (Å²) in [6.45, 7) is 3.70. The molecule has 3 aromatic heterocycles. The van der Waals surface area contributed by atoms with Gasteiger partial charge in [0, 0.05) is 0 Å². The third kappa shape index (κ3) is 2.40. The molecule has 4 rings (SSSR count). The van der Waals surface area contributed by atoms with E-state index in [2.05, 4.69) is 30.0 Å². The monoisotopic (exact) mass is 325 g/mol. The fourth-order valence-electron chi connectivity index (χ4n) is 2.09. The van der Waals surface area contributed by atoms with Crippen molar-refractivity contribution in [3.8, 4) is 28.0 Å². The highest BCUT2D eigenvalue weighted by Gasteiger charge is 2.20. The molecule has 0 saturated heterocycles. The van der Waals surface area contributed by atoms with Gasteiger partial charge in [-0.3, -0.25) is 0 Å². The van der Waals surface area contributed by atoms with E-state index >= 15 is 0 Å². The normalized spacial score (nSPS) is 11.0. The molecule has 0 amide bonds. The van der Waals surface area contributed by atoms with Crippen molar-refractivity contribution in [2.45, 2.75) is 13.8 Å². The molecule has 3 heterocycles. The number of rotatable bonds is 3. The van der Waals surface area contributed by atoms with Crippen LogP contribution in [-0.2, 0) is 0 Å². The van der Waals surface area contributed by atoms with Crippen molar-refractivity contribution in [2.24, 2.45) is 0 Å². The molecule has 0 N–H and O–H groups in total. The SMILES string of the molecule is Cc1nn(-c2ccccc2)nc1-c1nnc(-c2snnc2C)o1. The molecule has 0 fully saturated rings. The summed E-state index contributed by atoms with van der Waals surface area (Å²) in [7, 11) is 0. The molecule has 23 heavy (non-hydrogen) atoms. The van der Waals surface area contributed by atoms with Crippen LogP contribution >= 0.6 is 11.5 Å². The number of benzene rings is 1. The minimum Gasteiger partial charge on any atom is -0.413 e. The Kier molecular flexibility index (Phi) is 3.19. The van der Waals surface area contributed by atoms with E-state index in [0.717, 1.165) is 16.3 Å². The van der Waals surface area contributed by atoms with Crippen molar-refractivity contribution in [1.82, 2.24) is 34.8 Å². The first-order valence-electron chi connectivity index (χ1n) is 6.85. The topological polar surface area (TPSA) is 95.4 Å². The number of hydrogen-bond acceptors (Lipinski definition) is 8. The first-order chi connectivity index (χ1) is 11.2. The summed E-state index contributed by atoms with van der Waals surface area (Å²) < 4.78 is 9.59. The Bertz CT molecular complexity index is 957. The van der Waals surface area contributed by atoms with E-state index in [1.165, 1.54) is 11.5 Å². The quantitative estimate of drug-likeness (QED) is 0.571. The third-order valence-electron chi connectivity index (χ3n) is 3.24. The molecule has 0 unspecified atom stereocenters. The van der Waals surface area contributed by atoms with Gasteiger partial charge >= 0.3 is 0 Å². The zero-order valence-corrected chi connectivity index (χ0v) is 13.2. The largest absolute Gasteiger partial charge is 0.413 e. The number of nitrogens with zero attached hydrogens (tertiary/aromatic N) is 7. The third-order valence-corrected chi connectivity index (χ3v) is 4.06. The van der Waals surface area contributed by atoms with Crippen molar-refractivity contribution in [3.05, 3.63) is 41.7 Å². The maximum absolute atomic E-state index is 5.72. The van der Waals surface area contributed by atoms with Crippen LogP contribution in [-0.4, -0.2) is 34.8 Å². The second-order valence-electron chi connectivity index (χ2n) is 4.86. The maximum Gasteiger partial charge on any atom is 0.270 e. The van der Waals surface area contributed by atoms with Gasteiger partial charge in [0.15, 0.2) is 5.69 Å². The molecular weight excluding hydrogens is 314 g/mol. The van der Waals surface area contributed by atoms with Crippen LogP contribution in [0.2, 0.25) is 0 Å². The lowest BCUT2D eigenvalue weighted by atomic mass is 10.3.